The van der Waals surface area contributed by atoms with Gasteiger partial charge in [-0.3, -0.25) is 4.98 Å². The summed E-state index contributed by atoms with van der Waals surface area (Å²) in [5, 5.41) is 3.08. The van der Waals surface area contributed by atoms with Crippen LogP contribution in [0.2, 0.25) is 0 Å². The van der Waals surface area contributed by atoms with Gasteiger partial charge in [-0.2, -0.15) is 0 Å². The minimum absolute atomic E-state index is 0.505. The van der Waals surface area contributed by atoms with Gasteiger partial charge in [0.15, 0.2) is 0 Å². The van der Waals surface area contributed by atoms with E-state index < -0.39 is 0 Å². The Kier molecular flexibility index (Phi) is 4.58. The van der Waals surface area contributed by atoms with E-state index >= 15 is 0 Å². The van der Waals surface area contributed by atoms with E-state index in [-0.39, 0.29) is 0 Å². The molecule has 2 heterocycles. The second kappa shape index (κ2) is 6.38. The zero-order valence-corrected chi connectivity index (χ0v) is 11.7. The topological polar surface area (TPSA) is 47.3 Å². The monoisotopic (exact) mass is 260 g/mol. The number of aryl methyl sites for hydroxylation is 2. The number of rotatable bonds is 6. The highest BCUT2D eigenvalue weighted by molar-refractivity contribution is 5.30. The Labute approximate surface area is 113 Å². The Bertz CT molecular complexity index is 535. The van der Waals surface area contributed by atoms with Crippen LogP contribution in [0.1, 0.15) is 29.6 Å². The number of hydrogen-bond acceptors (Lipinski definition) is 4. The van der Waals surface area contributed by atoms with Gasteiger partial charge in [-0.05, 0) is 38.6 Å². The van der Waals surface area contributed by atoms with E-state index in [1.54, 1.807) is 6.26 Å². The predicted molar refractivity (Wildman–Crippen MR) is 74.2 cm³/mol. The quantitative estimate of drug-likeness (QED) is 0.867. The first-order chi connectivity index (χ1) is 9.24. The highest BCUT2D eigenvalue weighted by atomic mass is 16.5. The fourth-order valence-electron chi connectivity index (χ4n) is 1.95. The summed E-state index contributed by atoms with van der Waals surface area (Å²) in [5.41, 5.74) is 3.08. The van der Waals surface area contributed by atoms with Gasteiger partial charge in [-0.1, -0.05) is 6.92 Å². The van der Waals surface area contributed by atoms with Gasteiger partial charge < -0.3 is 14.5 Å². The number of pyridine rings is 1. The van der Waals surface area contributed by atoms with Crippen molar-refractivity contribution >= 4 is 0 Å². The van der Waals surface area contributed by atoms with Crippen LogP contribution in [-0.2, 0) is 19.6 Å². The van der Waals surface area contributed by atoms with E-state index in [4.69, 9.17) is 9.15 Å². The normalized spacial score (nSPS) is 10.7. The highest BCUT2D eigenvalue weighted by Crippen LogP contribution is 2.20. The van der Waals surface area contributed by atoms with E-state index in [0.717, 1.165) is 34.9 Å². The van der Waals surface area contributed by atoms with E-state index in [0.29, 0.717) is 13.2 Å². The number of furan rings is 1. The largest absolute Gasteiger partial charge is 0.487 e. The van der Waals surface area contributed by atoms with Gasteiger partial charge >= 0.3 is 0 Å². The molecule has 0 unspecified atom stereocenters. The molecule has 2 rings (SSSR count). The van der Waals surface area contributed by atoms with Crippen LogP contribution >= 0.6 is 0 Å². The summed E-state index contributed by atoms with van der Waals surface area (Å²) in [6, 6.07) is 5.90. The molecule has 0 saturated heterocycles. The van der Waals surface area contributed by atoms with Crippen molar-refractivity contribution in [3.8, 4) is 5.75 Å². The van der Waals surface area contributed by atoms with Crippen molar-refractivity contribution in [3.63, 3.8) is 0 Å². The third-order valence-corrected chi connectivity index (χ3v) is 2.96. The summed E-state index contributed by atoms with van der Waals surface area (Å²) in [6.07, 6.45) is 2.56. The molecule has 4 nitrogen and oxygen atoms in total. The fourth-order valence-corrected chi connectivity index (χ4v) is 1.95. The smallest absolute Gasteiger partial charge is 0.141 e. The lowest BCUT2D eigenvalue weighted by Crippen LogP contribution is -2.08. The molecule has 0 aliphatic rings. The molecule has 1 N–H and O–H groups in total. The maximum absolute atomic E-state index is 5.86. The minimum atomic E-state index is 0.505. The van der Waals surface area contributed by atoms with Crippen molar-refractivity contribution in [2.45, 2.75) is 33.4 Å². The average molecular weight is 260 g/mol. The van der Waals surface area contributed by atoms with Crippen LogP contribution in [0.4, 0.5) is 0 Å². The molecule has 2 aromatic rings. The number of hydrogen-bond donors (Lipinski definition) is 1. The van der Waals surface area contributed by atoms with Gasteiger partial charge in [0.05, 0.1) is 18.5 Å². The van der Waals surface area contributed by atoms with Crippen molar-refractivity contribution in [1.29, 1.82) is 0 Å². The Balaban J connectivity index is 2.07. The Hall–Kier alpha value is -1.81. The molecule has 0 bridgehead atoms. The van der Waals surface area contributed by atoms with Crippen molar-refractivity contribution in [3.05, 3.63) is 47.2 Å². The number of nitrogens with zero attached hydrogens (tertiary/aromatic N) is 1. The average Bonchev–Trinajstić information content (AvgIpc) is 2.85. The van der Waals surface area contributed by atoms with Crippen LogP contribution in [0.25, 0.3) is 0 Å². The second-order valence-electron chi connectivity index (χ2n) is 4.44. The van der Waals surface area contributed by atoms with Gasteiger partial charge in [0.25, 0.3) is 0 Å². The predicted octanol–water partition coefficient (Wildman–Crippen LogP) is 2.84. The standard InChI is InChI=1S/C15H20N2O2/c1-4-13-14(6-5-11(2)17-13)19-10-12-7-8-18-15(12)9-16-3/h5-8,16H,4,9-10H2,1-3H3. The Morgan fingerprint density at radius 2 is 2.16 bits per heavy atom. The van der Waals surface area contributed by atoms with Crippen LogP contribution in [0.15, 0.2) is 28.9 Å². The molecule has 0 radical (unpaired) electrons. The van der Waals surface area contributed by atoms with E-state index in [9.17, 15) is 0 Å². The summed E-state index contributed by atoms with van der Waals surface area (Å²) in [4.78, 5) is 4.49. The molecule has 0 aliphatic heterocycles. The van der Waals surface area contributed by atoms with Crippen molar-refractivity contribution in [1.82, 2.24) is 10.3 Å². The van der Waals surface area contributed by atoms with E-state index in [1.807, 2.05) is 32.2 Å². The minimum Gasteiger partial charge on any atom is -0.487 e. The highest BCUT2D eigenvalue weighted by Gasteiger charge is 2.08. The van der Waals surface area contributed by atoms with Gasteiger partial charge in [-0.25, -0.2) is 0 Å². The van der Waals surface area contributed by atoms with Crippen LogP contribution < -0.4 is 10.1 Å². The molecular weight excluding hydrogens is 240 g/mol. The zero-order chi connectivity index (χ0) is 13.7. The first-order valence-corrected chi connectivity index (χ1v) is 6.53. The molecule has 0 amide bonds. The molecule has 0 saturated carbocycles. The van der Waals surface area contributed by atoms with Crippen molar-refractivity contribution in [2.75, 3.05) is 7.05 Å². The van der Waals surface area contributed by atoms with E-state index in [2.05, 4.69) is 17.2 Å². The first kappa shape index (κ1) is 13.6. The fraction of sp³-hybridized carbons (Fsp3) is 0.400. The van der Waals surface area contributed by atoms with Crippen LogP contribution in [0.5, 0.6) is 5.75 Å². The van der Waals surface area contributed by atoms with Gasteiger partial charge in [0.1, 0.15) is 18.1 Å². The lowest BCUT2D eigenvalue weighted by atomic mass is 10.2. The van der Waals surface area contributed by atoms with Gasteiger partial charge in [-0.15, -0.1) is 0 Å². The van der Waals surface area contributed by atoms with Crippen molar-refractivity contribution < 1.29 is 9.15 Å². The second-order valence-corrected chi connectivity index (χ2v) is 4.44. The SMILES string of the molecule is CCc1nc(C)ccc1OCc1ccoc1CNC. The molecular formula is C15H20N2O2. The third-order valence-electron chi connectivity index (χ3n) is 2.96. The summed E-state index contributed by atoms with van der Waals surface area (Å²) >= 11 is 0. The van der Waals surface area contributed by atoms with Crippen molar-refractivity contribution in [2.24, 2.45) is 0 Å². The lowest BCUT2D eigenvalue weighted by Gasteiger charge is -2.10. The number of aromatic nitrogens is 1. The van der Waals surface area contributed by atoms with Gasteiger partial charge in [0, 0.05) is 11.3 Å². The van der Waals surface area contributed by atoms with Gasteiger partial charge in [0.2, 0.25) is 0 Å². The summed E-state index contributed by atoms with van der Waals surface area (Å²) in [6.45, 7) is 5.28. The van der Waals surface area contributed by atoms with Crippen LogP contribution in [0, 0.1) is 6.92 Å². The lowest BCUT2D eigenvalue weighted by molar-refractivity contribution is 0.297. The molecule has 4 heteroatoms. The molecule has 2 aromatic heterocycles. The number of nitrogens with one attached hydrogen (secondary N) is 1. The van der Waals surface area contributed by atoms with Crippen LogP contribution in [-0.4, -0.2) is 12.0 Å². The summed E-state index contributed by atoms with van der Waals surface area (Å²) < 4.78 is 11.3. The maximum Gasteiger partial charge on any atom is 0.141 e. The Morgan fingerprint density at radius 1 is 1.32 bits per heavy atom. The third kappa shape index (κ3) is 3.35. The van der Waals surface area contributed by atoms with E-state index in [1.165, 1.54) is 0 Å². The first-order valence-electron chi connectivity index (χ1n) is 6.53. The molecule has 102 valence electrons. The molecule has 0 fully saturated rings. The molecule has 0 spiro atoms. The zero-order valence-electron chi connectivity index (χ0n) is 11.7. The maximum atomic E-state index is 5.86. The molecule has 0 atom stereocenters. The molecule has 19 heavy (non-hydrogen) atoms. The summed E-state index contributed by atoms with van der Waals surface area (Å²) in [5.74, 6) is 1.77. The Morgan fingerprint density at radius 3 is 2.89 bits per heavy atom. The number of ether oxygens (including phenoxy) is 1. The van der Waals surface area contributed by atoms with Crippen LogP contribution in [0.3, 0.4) is 0 Å². The summed E-state index contributed by atoms with van der Waals surface area (Å²) in [7, 11) is 1.90. The molecule has 0 aliphatic carbocycles. The molecule has 0 aromatic carbocycles.